The van der Waals surface area contributed by atoms with Crippen molar-refractivity contribution in [1.29, 1.82) is 0 Å². The zero-order chi connectivity index (χ0) is 17.8. The summed E-state index contributed by atoms with van der Waals surface area (Å²) in [6.07, 6.45) is -7.51. The van der Waals surface area contributed by atoms with E-state index in [1.165, 1.54) is 0 Å². The van der Waals surface area contributed by atoms with Gasteiger partial charge in [0.2, 0.25) is 5.91 Å². The van der Waals surface area contributed by atoms with Gasteiger partial charge in [-0.25, -0.2) is 0 Å². The van der Waals surface area contributed by atoms with Crippen LogP contribution in [0.5, 0.6) is 0 Å². The average molecular weight is 358 g/mol. The maximum atomic E-state index is 13.1. The molecule has 0 spiro atoms. The largest absolute Gasteiger partial charge is 0.404 e. The number of likely N-dealkylation sites (tertiary alicyclic amines) is 1. The molecular weight excluding hydrogens is 338 g/mol. The van der Waals surface area contributed by atoms with Crippen LogP contribution >= 0.6 is 0 Å². The Kier molecular flexibility index (Phi) is 4.29. The molecule has 2 saturated heterocycles. The lowest BCUT2D eigenvalue weighted by Crippen LogP contribution is -2.53. The van der Waals surface area contributed by atoms with E-state index in [1.807, 2.05) is 0 Å². The van der Waals surface area contributed by atoms with Crippen molar-refractivity contribution >= 4 is 5.91 Å². The lowest BCUT2D eigenvalue weighted by molar-refractivity contribution is -0.334. The van der Waals surface area contributed by atoms with Gasteiger partial charge in [-0.1, -0.05) is 12.8 Å². The Labute approximate surface area is 135 Å². The van der Waals surface area contributed by atoms with Crippen LogP contribution < -0.4 is 5.32 Å². The first-order valence-electron chi connectivity index (χ1n) is 8.23. The molecule has 2 heterocycles. The van der Waals surface area contributed by atoms with Crippen LogP contribution in [0.15, 0.2) is 0 Å². The van der Waals surface area contributed by atoms with Gasteiger partial charge in [-0.15, -0.1) is 0 Å². The van der Waals surface area contributed by atoms with Crippen molar-refractivity contribution in [3.05, 3.63) is 0 Å². The Bertz CT molecular complexity index is 475. The van der Waals surface area contributed by atoms with Crippen molar-refractivity contribution in [2.24, 2.45) is 11.3 Å². The molecule has 3 rings (SSSR count). The maximum absolute atomic E-state index is 13.1. The fourth-order valence-corrected chi connectivity index (χ4v) is 4.35. The van der Waals surface area contributed by atoms with Crippen molar-refractivity contribution in [3.63, 3.8) is 0 Å². The summed E-state index contributed by atoms with van der Waals surface area (Å²) in [6.45, 7) is -1.84. The number of amides is 1. The highest BCUT2D eigenvalue weighted by atomic mass is 19.4. The van der Waals surface area contributed by atoms with Gasteiger partial charge in [0.15, 0.2) is 5.41 Å². The van der Waals surface area contributed by atoms with Crippen LogP contribution in [-0.4, -0.2) is 48.3 Å². The van der Waals surface area contributed by atoms with Crippen LogP contribution in [0.3, 0.4) is 0 Å². The van der Waals surface area contributed by atoms with Crippen LogP contribution in [0, 0.1) is 11.3 Å². The van der Waals surface area contributed by atoms with Gasteiger partial charge < -0.3 is 10.2 Å². The molecule has 9 heteroatoms. The lowest BCUT2D eigenvalue weighted by atomic mass is 9.85. The first kappa shape index (κ1) is 17.8. The minimum Gasteiger partial charge on any atom is -0.340 e. The highest BCUT2D eigenvalue weighted by molar-refractivity contribution is 5.82. The van der Waals surface area contributed by atoms with E-state index in [9.17, 15) is 31.1 Å². The summed E-state index contributed by atoms with van der Waals surface area (Å²) in [5, 5.41) is 3.12. The quantitative estimate of drug-likeness (QED) is 0.730. The number of rotatable bonds is 1. The molecular formula is C15H20F6N2O. The normalized spacial score (nSPS) is 33.6. The first-order valence-corrected chi connectivity index (χ1v) is 8.23. The molecule has 3 fully saturated rings. The van der Waals surface area contributed by atoms with Crippen LogP contribution in [0.1, 0.15) is 38.5 Å². The minimum atomic E-state index is -5.42. The molecule has 1 saturated carbocycles. The number of carbonyl (C=O) groups is 1. The van der Waals surface area contributed by atoms with E-state index >= 15 is 0 Å². The topological polar surface area (TPSA) is 32.3 Å². The Balaban J connectivity index is 1.72. The van der Waals surface area contributed by atoms with Gasteiger partial charge in [-0.05, 0) is 31.6 Å². The van der Waals surface area contributed by atoms with Gasteiger partial charge in [0.25, 0.3) is 0 Å². The molecule has 24 heavy (non-hydrogen) atoms. The molecule has 0 aromatic carbocycles. The number of nitrogens with zero attached hydrogens (tertiary/aromatic N) is 1. The van der Waals surface area contributed by atoms with Crippen molar-refractivity contribution in [2.75, 3.05) is 13.1 Å². The molecule has 0 aromatic rings. The number of hydrogen-bond acceptors (Lipinski definition) is 2. The van der Waals surface area contributed by atoms with Gasteiger partial charge in [-0.2, -0.15) is 26.3 Å². The van der Waals surface area contributed by atoms with E-state index in [4.69, 9.17) is 0 Å². The van der Waals surface area contributed by atoms with Crippen molar-refractivity contribution < 1.29 is 31.1 Å². The summed E-state index contributed by atoms with van der Waals surface area (Å²) < 4.78 is 78.6. The molecule has 3 atom stereocenters. The summed E-state index contributed by atoms with van der Waals surface area (Å²) >= 11 is 0. The van der Waals surface area contributed by atoms with E-state index < -0.39 is 49.2 Å². The number of nitrogens with one attached hydrogen (secondary N) is 1. The van der Waals surface area contributed by atoms with E-state index in [0.29, 0.717) is 12.3 Å². The molecule has 0 aromatic heterocycles. The molecule has 0 bridgehead atoms. The summed E-state index contributed by atoms with van der Waals surface area (Å²) in [7, 11) is 0. The van der Waals surface area contributed by atoms with E-state index in [0.717, 1.165) is 30.6 Å². The summed E-state index contributed by atoms with van der Waals surface area (Å²) in [5.41, 5.74) is -3.80. The van der Waals surface area contributed by atoms with Gasteiger partial charge in [0.05, 0.1) is 6.04 Å². The molecule has 3 unspecified atom stereocenters. The van der Waals surface area contributed by atoms with Gasteiger partial charge >= 0.3 is 12.4 Å². The first-order chi connectivity index (χ1) is 11.1. The zero-order valence-corrected chi connectivity index (χ0v) is 13.0. The van der Waals surface area contributed by atoms with Crippen molar-refractivity contribution in [2.45, 2.75) is 63.0 Å². The third-order valence-electron chi connectivity index (χ3n) is 5.83. The molecule has 1 amide bonds. The molecule has 138 valence electrons. The number of fused-ring (bicyclic) bond motifs is 1. The third-order valence-corrected chi connectivity index (χ3v) is 5.83. The Hall–Kier alpha value is -0.990. The molecule has 1 aliphatic carbocycles. The lowest BCUT2D eigenvalue weighted by Gasteiger charge is -2.33. The van der Waals surface area contributed by atoms with Crippen LogP contribution in [0.4, 0.5) is 26.3 Å². The Morgan fingerprint density at radius 1 is 1.04 bits per heavy atom. The van der Waals surface area contributed by atoms with Crippen molar-refractivity contribution in [3.8, 4) is 0 Å². The number of halogens is 6. The zero-order valence-electron chi connectivity index (χ0n) is 13.0. The fraction of sp³-hybridized carbons (Fsp3) is 0.933. The molecule has 3 nitrogen and oxygen atoms in total. The second-order valence-electron chi connectivity index (χ2n) is 7.19. The predicted molar refractivity (Wildman–Crippen MR) is 73.0 cm³/mol. The van der Waals surface area contributed by atoms with Crippen LogP contribution in [0.2, 0.25) is 0 Å². The minimum absolute atomic E-state index is 0.158. The molecule has 1 N–H and O–H groups in total. The van der Waals surface area contributed by atoms with E-state index in [2.05, 4.69) is 5.32 Å². The predicted octanol–water partition coefficient (Wildman–Crippen LogP) is 3.25. The fourth-order valence-electron chi connectivity index (χ4n) is 4.35. The van der Waals surface area contributed by atoms with Gasteiger partial charge in [0.1, 0.15) is 0 Å². The summed E-state index contributed by atoms with van der Waals surface area (Å²) in [6, 6.07) is -0.499. The summed E-state index contributed by atoms with van der Waals surface area (Å²) in [4.78, 5) is 13.2. The highest BCUT2D eigenvalue weighted by Crippen LogP contribution is 2.55. The van der Waals surface area contributed by atoms with E-state index in [-0.39, 0.29) is 6.04 Å². The van der Waals surface area contributed by atoms with Gasteiger partial charge in [0, 0.05) is 19.1 Å². The highest BCUT2D eigenvalue weighted by Gasteiger charge is 2.73. The maximum Gasteiger partial charge on any atom is 0.404 e. The molecule has 0 radical (unpaired) electrons. The number of alkyl halides is 6. The van der Waals surface area contributed by atoms with Crippen LogP contribution in [0.25, 0.3) is 0 Å². The Morgan fingerprint density at radius 3 is 2.21 bits per heavy atom. The number of hydrogen-bond donors (Lipinski definition) is 1. The second kappa shape index (κ2) is 5.78. The monoisotopic (exact) mass is 358 g/mol. The van der Waals surface area contributed by atoms with Gasteiger partial charge in [-0.3, -0.25) is 4.79 Å². The van der Waals surface area contributed by atoms with Crippen molar-refractivity contribution in [1.82, 2.24) is 10.2 Å². The van der Waals surface area contributed by atoms with Crippen LogP contribution in [-0.2, 0) is 4.79 Å². The molecule has 2 aliphatic heterocycles. The van der Waals surface area contributed by atoms with E-state index in [1.54, 1.807) is 0 Å². The smallest absolute Gasteiger partial charge is 0.340 e. The summed E-state index contributed by atoms with van der Waals surface area (Å²) in [5.74, 6) is -0.329. The second-order valence-corrected chi connectivity index (χ2v) is 7.19. The Morgan fingerprint density at radius 2 is 1.67 bits per heavy atom. The molecule has 3 aliphatic rings. The average Bonchev–Trinajstić information content (AvgIpc) is 3.10. The third kappa shape index (κ3) is 2.78. The SMILES string of the molecule is O=C(C1CC2CCCCC2N1)N1CCC(C(F)(F)F)(C(F)(F)F)C1. The number of carbonyl (C=O) groups excluding carboxylic acids is 1. The standard InChI is InChI=1S/C15H20F6N2O/c16-14(17,18)13(15(19,20)21)5-6-23(8-13)12(24)11-7-9-3-1-2-4-10(9)22-11/h9-11,22H,1-8H2.